The van der Waals surface area contributed by atoms with Crippen molar-refractivity contribution in [3.63, 3.8) is 0 Å². The minimum Gasteiger partial charge on any atom is -0.507 e. The minimum atomic E-state index is -0.0188. The van der Waals surface area contributed by atoms with Crippen molar-refractivity contribution < 1.29 is 9.90 Å². The summed E-state index contributed by atoms with van der Waals surface area (Å²) in [6.07, 6.45) is 1.33. The number of phenolic OH excluding ortho intramolecular Hbond substituents is 1. The second-order valence-corrected chi connectivity index (χ2v) is 5.90. The van der Waals surface area contributed by atoms with Crippen LogP contribution < -0.4 is 0 Å². The molecule has 2 heteroatoms. The van der Waals surface area contributed by atoms with Crippen molar-refractivity contribution in [1.82, 2.24) is 0 Å². The zero-order chi connectivity index (χ0) is 16.3. The van der Waals surface area contributed by atoms with Gasteiger partial charge in [-0.05, 0) is 46.7 Å². The van der Waals surface area contributed by atoms with E-state index in [1.54, 1.807) is 6.07 Å². The Balaban J connectivity index is 2.70. The lowest BCUT2D eigenvalue weighted by Gasteiger charge is -2.18. The quantitative estimate of drug-likeness (QED) is 0.756. The molecule has 1 N–H and O–H groups in total. The molecule has 2 rings (SSSR count). The highest BCUT2D eigenvalue weighted by Gasteiger charge is 2.18. The number of Topliss-reactive ketones (excluding diaryl/α,β-unsaturated/α-hetero) is 1. The highest BCUT2D eigenvalue weighted by Crippen LogP contribution is 2.36. The van der Waals surface area contributed by atoms with Gasteiger partial charge in [0.2, 0.25) is 0 Å². The lowest BCUT2D eigenvalue weighted by molar-refractivity contribution is 0.0985. The van der Waals surface area contributed by atoms with Crippen molar-refractivity contribution in [1.29, 1.82) is 0 Å². The van der Waals surface area contributed by atoms with E-state index in [0.29, 0.717) is 12.0 Å². The van der Waals surface area contributed by atoms with E-state index in [2.05, 4.69) is 32.9 Å². The number of ketones is 1. The van der Waals surface area contributed by atoms with Gasteiger partial charge in [0.05, 0.1) is 5.56 Å². The molecule has 0 fully saturated rings. The standard InChI is InChI=1S/C20H24O2/c1-5-14-9-7-8-10-15(14)17-12-20(22)18(19(21)6-2)11-16(17)13(3)4/h7-13,22H,5-6H2,1-4H3. The molecule has 0 saturated carbocycles. The van der Waals surface area contributed by atoms with E-state index in [1.165, 1.54) is 5.56 Å². The molecule has 0 bridgehead atoms. The number of phenols is 1. The first-order chi connectivity index (χ1) is 10.5. The Bertz CT molecular complexity index is 684. The molecule has 0 radical (unpaired) electrons. The number of hydrogen-bond donors (Lipinski definition) is 1. The van der Waals surface area contributed by atoms with Crippen molar-refractivity contribution in [2.24, 2.45) is 0 Å². The van der Waals surface area contributed by atoms with Crippen molar-refractivity contribution in [3.05, 3.63) is 53.1 Å². The normalized spacial score (nSPS) is 11.0. The maximum Gasteiger partial charge on any atom is 0.166 e. The number of hydrogen-bond acceptors (Lipinski definition) is 2. The van der Waals surface area contributed by atoms with Crippen molar-refractivity contribution in [3.8, 4) is 16.9 Å². The second kappa shape index (κ2) is 6.78. The van der Waals surface area contributed by atoms with Crippen LogP contribution >= 0.6 is 0 Å². The van der Waals surface area contributed by atoms with Crippen molar-refractivity contribution in [2.75, 3.05) is 0 Å². The summed E-state index contributed by atoms with van der Waals surface area (Å²) < 4.78 is 0. The third kappa shape index (κ3) is 3.06. The Kier molecular flexibility index (Phi) is 5.02. The summed E-state index contributed by atoms with van der Waals surface area (Å²) in [7, 11) is 0. The van der Waals surface area contributed by atoms with Gasteiger partial charge in [-0.15, -0.1) is 0 Å². The molecule has 0 heterocycles. The Labute approximate surface area is 132 Å². The molecule has 0 amide bonds. The van der Waals surface area contributed by atoms with Crippen LogP contribution in [0.2, 0.25) is 0 Å². The first-order valence-electron chi connectivity index (χ1n) is 7.97. The molecule has 0 spiro atoms. The van der Waals surface area contributed by atoms with E-state index in [-0.39, 0.29) is 17.5 Å². The molecule has 2 nitrogen and oxygen atoms in total. The number of rotatable bonds is 5. The molecule has 2 aromatic rings. The van der Waals surface area contributed by atoms with Crippen LogP contribution in [0.3, 0.4) is 0 Å². The van der Waals surface area contributed by atoms with Crippen molar-refractivity contribution in [2.45, 2.75) is 46.5 Å². The summed E-state index contributed by atoms with van der Waals surface area (Å²) in [5, 5.41) is 10.3. The Morgan fingerprint density at radius 1 is 1.09 bits per heavy atom. The van der Waals surface area contributed by atoms with Crippen LogP contribution in [0.25, 0.3) is 11.1 Å². The molecule has 116 valence electrons. The SMILES string of the molecule is CCC(=O)c1cc(C(C)C)c(-c2ccccc2CC)cc1O. The van der Waals surface area contributed by atoms with Crippen LogP contribution in [-0.4, -0.2) is 10.9 Å². The molecule has 0 aromatic heterocycles. The summed E-state index contributed by atoms with van der Waals surface area (Å²) in [4.78, 5) is 12.0. The van der Waals surface area contributed by atoms with Gasteiger partial charge < -0.3 is 5.11 Å². The number of carbonyl (C=O) groups excluding carboxylic acids is 1. The number of benzene rings is 2. The van der Waals surface area contributed by atoms with Gasteiger partial charge in [-0.25, -0.2) is 0 Å². The maximum atomic E-state index is 12.0. The van der Waals surface area contributed by atoms with Crippen LogP contribution in [-0.2, 0) is 6.42 Å². The van der Waals surface area contributed by atoms with Gasteiger partial charge in [0.25, 0.3) is 0 Å². The van der Waals surface area contributed by atoms with Gasteiger partial charge in [0, 0.05) is 6.42 Å². The Hall–Kier alpha value is -2.09. The largest absolute Gasteiger partial charge is 0.507 e. The Morgan fingerprint density at radius 2 is 1.77 bits per heavy atom. The molecule has 0 aliphatic carbocycles. The average molecular weight is 296 g/mol. The van der Waals surface area contributed by atoms with E-state index in [4.69, 9.17) is 0 Å². The zero-order valence-corrected chi connectivity index (χ0v) is 13.8. The van der Waals surface area contributed by atoms with Gasteiger partial charge in [0.15, 0.2) is 5.78 Å². The van der Waals surface area contributed by atoms with E-state index in [1.807, 2.05) is 25.1 Å². The molecule has 2 aromatic carbocycles. The maximum absolute atomic E-state index is 12.0. The van der Waals surface area contributed by atoms with Crippen LogP contribution in [0.5, 0.6) is 5.75 Å². The highest BCUT2D eigenvalue weighted by molar-refractivity contribution is 5.99. The third-order valence-electron chi connectivity index (χ3n) is 4.10. The van der Waals surface area contributed by atoms with Crippen LogP contribution in [0, 0.1) is 0 Å². The first kappa shape index (κ1) is 16.3. The lowest BCUT2D eigenvalue weighted by Crippen LogP contribution is -2.02. The van der Waals surface area contributed by atoms with Gasteiger partial charge in [-0.2, -0.15) is 0 Å². The summed E-state index contributed by atoms with van der Waals surface area (Å²) in [5.41, 5.74) is 4.95. The minimum absolute atomic E-state index is 0.0188. The highest BCUT2D eigenvalue weighted by atomic mass is 16.3. The number of carbonyl (C=O) groups is 1. The van der Waals surface area contributed by atoms with Crippen molar-refractivity contribution >= 4 is 5.78 Å². The summed E-state index contributed by atoms with van der Waals surface area (Å²) >= 11 is 0. The van der Waals surface area contributed by atoms with Crippen LogP contribution in [0.15, 0.2) is 36.4 Å². The second-order valence-electron chi connectivity index (χ2n) is 5.90. The van der Waals surface area contributed by atoms with Crippen LogP contribution in [0.1, 0.15) is 61.5 Å². The fourth-order valence-electron chi connectivity index (χ4n) is 2.82. The zero-order valence-electron chi connectivity index (χ0n) is 13.8. The van der Waals surface area contributed by atoms with E-state index in [9.17, 15) is 9.90 Å². The smallest absolute Gasteiger partial charge is 0.166 e. The van der Waals surface area contributed by atoms with Gasteiger partial charge in [0.1, 0.15) is 5.75 Å². The third-order valence-corrected chi connectivity index (χ3v) is 4.10. The van der Waals surface area contributed by atoms with E-state index < -0.39 is 0 Å². The molecule has 0 atom stereocenters. The molecule has 0 saturated heterocycles. The fraction of sp³-hybridized carbons (Fsp3) is 0.350. The number of aryl methyl sites for hydroxylation is 1. The predicted molar refractivity (Wildman–Crippen MR) is 91.6 cm³/mol. The number of aromatic hydroxyl groups is 1. The topological polar surface area (TPSA) is 37.3 Å². The molecule has 0 aliphatic heterocycles. The predicted octanol–water partition coefficient (Wildman–Crippen LogP) is 5.34. The van der Waals surface area contributed by atoms with E-state index in [0.717, 1.165) is 23.1 Å². The average Bonchev–Trinajstić information content (AvgIpc) is 2.53. The summed E-state index contributed by atoms with van der Waals surface area (Å²) in [5.74, 6) is 0.343. The summed E-state index contributed by atoms with van der Waals surface area (Å²) in [6, 6.07) is 11.9. The molecule has 0 unspecified atom stereocenters. The monoisotopic (exact) mass is 296 g/mol. The molecular formula is C20H24O2. The fourth-order valence-corrected chi connectivity index (χ4v) is 2.82. The lowest BCUT2D eigenvalue weighted by atomic mass is 9.87. The Morgan fingerprint density at radius 3 is 2.36 bits per heavy atom. The van der Waals surface area contributed by atoms with Gasteiger partial charge in [-0.3, -0.25) is 4.79 Å². The molecule has 22 heavy (non-hydrogen) atoms. The van der Waals surface area contributed by atoms with Gasteiger partial charge in [-0.1, -0.05) is 52.0 Å². The van der Waals surface area contributed by atoms with Gasteiger partial charge >= 0.3 is 0 Å². The summed E-state index contributed by atoms with van der Waals surface area (Å²) in [6.45, 7) is 8.18. The molecular weight excluding hydrogens is 272 g/mol. The first-order valence-corrected chi connectivity index (χ1v) is 7.97. The van der Waals surface area contributed by atoms with E-state index >= 15 is 0 Å². The molecule has 0 aliphatic rings. The van der Waals surface area contributed by atoms with Crippen LogP contribution in [0.4, 0.5) is 0 Å².